The molecule has 0 amide bonds. The molecule has 1 saturated heterocycles. The van der Waals surface area contributed by atoms with Crippen LogP contribution in [0.5, 0.6) is 0 Å². The van der Waals surface area contributed by atoms with E-state index >= 15 is 0 Å². The van der Waals surface area contributed by atoms with Crippen molar-refractivity contribution in [2.24, 2.45) is 0 Å². The third kappa shape index (κ3) is 2.36. The molecule has 0 radical (unpaired) electrons. The summed E-state index contributed by atoms with van der Waals surface area (Å²) < 4.78 is 38.3. The van der Waals surface area contributed by atoms with Crippen LogP contribution in [0.1, 0.15) is 11.6 Å². The highest BCUT2D eigenvalue weighted by Gasteiger charge is 2.46. The Balaban J connectivity index is 2.24. The first-order chi connectivity index (χ1) is 7.59. The summed E-state index contributed by atoms with van der Waals surface area (Å²) in [6.45, 7) is 0.889. The average Bonchev–Trinajstić information content (AvgIpc) is 2.29. The van der Waals surface area contributed by atoms with Crippen molar-refractivity contribution >= 4 is 0 Å². The maximum atomic E-state index is 12.8. The van der Waals surface area contributed by atoms with Gasteiger partial charge in [0.15, 0.2) is 0 Å². The van der Waals surface area contributed by atoms with Crippen LogP contribution < -0.4 is 10.6 Å². The van der Waals surface area contributed by atoms with Gasteiger partial charge in [0.1, 0.15) is 6.04 Å². The van der Waals surface area contributed by atoms with Crippen molar-refractivity contribution < 1.29 is 13.2 Å². The molecule has 5 heteroatoms. The quantitative estimate of drug-likeness (QED) is 0.769. The van der Waals surface area contributed by atoms with Crippen LogP contribution in [0.15, 0.2) is 30.3 Å². The number of piperazine rings is 1. The van der Waals surface area contributed by atoms with Crippen molar-refractivity contribution in [1.29, 1.82) is 0 Å². The number of hydrogen-bond acceptors (Lipinski definition) is 2. The number of nitrogens with one attached hydrogen (secondary N) is 2. The highest BCUT2D eigenvalue weighted by atomic mass is 19.4. The van der Waals surface area contributed by atoms with Crippen molar-refractivity contribution in [3.8, 4) is 0 Å². The van der Waals surface area contributed by atoms with Crippen LogP contribution in [0.3, 0.4) is 0 Å². The Bertz CT molecular complexity index is 337. The Kier molecular flexibility index (Phi) is 3.16. The van der Waals surface area contributed by atoms with Gasteiger partial charge in [0.05, 0.1) is 6.04 Å². The minimum absolute atomic E-state index is 0.341. The van der Waals surface area contributed by atoms with Gasteiger partial charge in [-0.15, -0.1) is 0 Å². The van der Waals surface area contributed by atoms with Crippen molar-refractivity contribution in [2.45, 2.75) is 18.3 Å². The maximum Gasteiger partial charge on any atom is 0.405 e. The molecule has 1 aromatic carbocycles. The molecule has 2 unspecified atom stereocenters. The van der Waals surface area contributed by atoms with Gasteiger partial charge in [-0.3, -0.25) is 0 Å². The van der Waals surface area contributed by atoms with Gasteiger partial charge in [0.2, 0.25) is 0 Å². The van der Waals surface area contributed by atoms with Crippen molar-refractivity contribution in [2.75, 3.05) is 13.1 Å². The number of rotatable bonds is 1. The third-order valence-electron chi connectivity index (χ3n) is 2.70. The van der Waals surface area contributed by atoms with E-state index in [9.17, 15) is 13.2 Å². The second kappa shape index (κ2) is 4.43. The maximum absolute atomic E-state index is 12.8. The minimum atomic E-state index is -4.23. The van der Waals surface area contributed by atoms with E-state index in [0.29, 0.717) is 18.7 Å². The summed E-state index contributed by atoms with van der Waals surface area (Å²) in [5.74, 6) is 0. The Hall–Kier alpha value is -1.07. The summed E-state index contributed by atoms with van der Waals surface area (Å²) in [6, 6.07) is 6.51. The molecule has 2 N–H and O–H groups in total. The molecular weight excluding hydrogens is 217 g/mol. The highest BCUT2D eigenvalue weighted by Crippen LogP contribution is 2.31. The number of alkyl halides is 3. The highest BCUT2D eigenvalue weighted by molar-refractivity contribution is 5.22. The second-order valence-electron chi connectivity index (χ2n) is 3.82. The molecule has 1 aromatic rings. The lowest BCUT2D eigenvalue weighted by Crippen LogP contribution is -2.57. The predicted molar refractivity (Wildman–Crippen MR) is 55.0 cm³/mol. The standard InChI is InChI=1S/C11H13F3N2/c12-11(13,14)10-9(15-6-7-16-10)8-4-2-1-3-5-8/h1-5,9-10,15-16H,6-7H2. The van der Waals surface area contributed by atoms with Crippen LogP contribution in [-0.2, 0) is 0 Å². The SMILES string of the molecule is FC(F)(F)C1NCCNC1c1ccccc1. The Morgan fingerprint density at radius 1 is 1.00 bits per heavy atom. The van der Waals surface area contributed by atoms with E-state index < -0.39 is 18.3 Å². The largest absolute Gasteiger partial charge is 0.405 e. The third-order valence-corrected chi connectivity index (χ3v) is 2.70. The molecule has 2 nitrogen and oxygen atoms in total. The molecule has 0 spiro atoms. The molecule has 16 heavy (non-hydrogen) atoms. The summed E-state index contributed by atoms with van der Waals surface area (Å²) in [5, 5.41) is 5.43. The van der Waals surface area contributed by atoms with Gasteiger partial charge in [0, 0.05) is 13.1 Å². The minimum Gasteiger partial charge on any atom is -0.307 e. The molecule has 2 atom stereocenters. The Morgan fingerprint density at radius 3 is 2.25 bits per heavy atom. The van der Waals surface area contributed by atoms with Gasteiger partial charge >= 0.3 is 6.18 Å². The summed E-state index contributed by atoms with van der Waals surface area (Å²) >= 11 is 0. The fourth-order valence-electron chi connectivity index (χ4n) is 1.97. The first-order valence-electron chi connectivity index (χ1n) is 5.17. The summed E-state index contributed by atoms with van der Waals surface area (Å²) in [5.41, 5.74) is 0.664. The summed E-state index contributed by atoms with van der Waals surface area (Å²) in [4.78, 5) is 0. The monoisotopic (exact) mass is 230 g/mol. The van der Waals surface area contributed by atoms with Crippen LogP contribution >= 0.6 is 0 Å². The van der Waals surface area contributed by atoms with Crippen molar-refractivity contribution in [1.82, 2.24) is 10.6 Å². The average molecular weight is 230 g/mol. The fraction of sp³-hybridized carbons (Fsp3) is 0.455. The number of halogens is 3. The van der Waals surface area contributed by atoms with Crippen LogP contribution in [0.4, 0.5) is 13.2 Å². The zero-order valence-electron chi connectivity index (χ0n) is 8.59. The van der Waals surface area contributed by atoms with Crippen LogP contribution in [0.25, 0.3) is 0 Å². The van der Waals surface area contributed by atoms with Gasteiger partial charge in [0.25, 0.3) is 0 Å². The van der Waals surface area contributed by atoms with Crippen molar-refractivity contribution in [3.05, 3.63) is 35.9 Å². The van der Waals surface area contributed by atoms with E-state index in [4.69, 9.17) is 0 Å². The zero-order valence-corrected chi connectivity index (χ0v) is 8.59. The second-order valence-corrected chi connectivity index (χ2v) is 3.82. The van der Waals surface area contributed by atoms with E-state index in [0.717, 1.165) is 0 Å². The summed E-state index contributed by atoms with van der Waals surface area (Å²) in [6.07, 6.45) is -4.23. The zero-order chi connectivity index (χ0) is 11.6. The van der Waals surface area contributed by atoms with Gasteiger partial charge in [-0.25, -0.2) is 0 Å². The molecular formula is C11H13F3N2. The molecule has 0 aliphatic carbocycles. The van der Waals surface area contributed by atoms with Crippen LogP contribution in [0.2, 0.25) is 0 Å². The van der Waals surface area contributed by atoms with E-state index in [1.165, 1.54) is 0 Å². The first-order valence-corrected chi connectivity index (χ1v) is 5.17. The van der Waals surface area contributed by atoms with Gasteiger partial charge < -0.3 is 10.6 Å². The molecule has 0 saturated carbocycles. The molecule has 1 heterocycles. The normalized spacial score (nSPS) is 26.7. The van der Waals surface area contributed by atoms with Gasteiger partial charge in [-0.05, 0) is 5.56 Å². The van der Waals surface area contributed by atoms with E-state index in [1.54, 1.807) is 30.3 Å². The molecule has 0 aromatic heterocycles. The van der Waals surface area contributed by atoms with Crippen LogP contribution in [-0.4, -0.2) is 25.3 Å². The molecule has 88 valence electrons. The van der Waals surface area contributed by atoms with Gasteiger partial charge in [-0.1, -0.05) is 30.3 Å². The van der Waals surface area contributed by atoms with Crippen molar-refractivity contribution in [3.63, 3.8) is 0 Å². The lowest BCUT2D eigenvalue weighted by molar-refractivity contribution is -0.166. The predicted octanol–water partition coefficient (Wildman–Crippen LogP) is 1.85. The topological polar surface area (TPSA) is 24.1 Å². The fourth-order valence-corrected chi connectivity index (χ4v) is 1.97. The lowest BCUT2D eigenvalue weighted by Gasteiger charge is -2.35. The number of hydrogen-bond donors (Lipinski definition) is 2. The van der Waals surface area contributed by atoms with E-state index in [1.807, 2.05) is 0 Å². The summed E-state index contributed by atoms with van der Waals surface area (Å²) in [7, 11) is 0. The Labute approximate surface area is 91.8 Å². The molecule has 2 rings (SSSR count). The van der Waals surface area contributed by atoms with Gasteiger partial charge in [-0.2, -0.15) is 13.2 Å². The van der Waals surface area contributed by atoms with E-state index in [2.05, 4.69) is 10.6 Å². The molecule has 1 aliphatic rings. The molecule has 0 bridgehead atoms. The van der Waals surface area contributed by atoms with Crippen LogP contribution in [0, 0.1) is 0 Å². The number of benzene rings is 1. The molecule has 1 aliphatic heterocycles. The Morgan fingerprint density at radius 2 is 1.62 bits per heavy atom. The van der Waals surface area contributed by atoms with E-state index in [-0.39, 0.29) is 0 Å². The molecule has 1 fully saturated rings. The first kappa shape index (κ1) is 11.4. The lowest BCUT2D eigenvalue weighted by atomic mass is 9.97. The smallest absolute Gasteiger partial charge is 0.307 e.